The van der Waals surface area contributed by atoms with Crippen molar-refractivity contribution in [2.75, 3.05) is 11.9 Å². The van der Waals surface area contributed by atoms with E-state index in [-0.39, 0.29) is 0 Å². The summed E-state index contributed by atoms with van der Waals surface area (Å²) in [7, 11) is 0. The van der Waals surface area contributed by atoms with Gasteiger partial charge in [0.05, 0.1) is 15.7 Å². The van der Waals surface area contributed by atoms with Crippen LogP contribution in [0.4, 0.5) is 5.69 Å². The molecule has 0 saturated heterocycles. The topological polar surface area (TPSA) is 12.0 Å². The van der Waals surface area contributed by atoms with Crippen molar-refractivity contribution in [3.05, 3.63) is 26.7 Å². The second-order valence-electron chi connectivity index (χ2n) is 2.67. The van der Waals surface area contributed by atoms with Gasteiger partial charge in [-0.1, -0.05) is 46.1 Å². The van der Waals surface area contributed by atoms with E-state index in [9.17, 15) is 0 Å². The number of benzene rings is 1. The Morgan fingerprint density at radius 1 is 1.31 bits per heavy atom. The highest BCUT2D eigenvalue weighted by Gasteiger charge is 2.05. The van der Waals surface area contributed by atoms with E-state index in [1.54, 1.807) is 0 Å². The van der Waals surface area contributed by atoms with Gasteiger partial charge in [0.15, 0.2) is 0 Å². The van der Waals surface area contributed by atoms with Gasteiger partial charge in [-0.15, -0.1) is 0 Å². The molecular formula is C9H10BrCl2N. The molecule has 0 amide bonds. The standard InChI is InChI=1S/C9H10BrCl2N/c1-2-3-13-9-7(11)4-6(10)5-8(9)12/h4-5,13H,2-3H2,1H3. The zero-order chi connectivity index (χ0) is 9.84. The molecule has 13 heavy (non-hydrogen) atoms. The second kappa shape index (κ2) is 5.08. The Bertz CT molecular complexity index is 279. The molecule has 0 aliphatic heterocycles. The van der Waals surface area contributed by atoms with Crippen LogP contribution in [0.25, 0.3) is 0 Å². The van der Waals surface area contributed by atoms with Gasteiger partial charge in [0.25, 0.3) is 0 Å². The van der Waals surface area contributed by atoms with Crippen LogP contribution in [0.5, 0.6) is 0 Å². The summed E-state index contributed by atoms with van der Waals surface area (Å²) in [5, 5.41) is 4.47. The smallest absolute Gasteiger partial charge is 0.0719 e. The average molecular weight is 283 g/mol. The van der Waals surface area contributed by atoms with Crippen molar-refractivity contribution in [1.82, 2.24) is 0 Å². The van der Waals surface area contributed by atoms with Gasteiger partial charge in [0.2, 0.25) is 0 Å². The first-order valence-corrected chi connectivity index (χ1v) is 5.58. The molecule has 0 unspecified atom stereocenters. The third kappa shape index (κ3) is 3.04. The molecule has 1 nitrogen and oxygen atoms in total. The van der Waals surface area contributed by atoms with Gasteiger partial charge in [-0.25, -0.2) is 0 Å². The number of anilines is 1. The molecule has 0 fully saturated rings. The van der Waals surface area contributed by atoms with Crippen molar-refractivity contribution in [3.63, 3.8) is 0 Å². The van der Waals surface area contributed by atoms with E-state index >= 15 is 0 Å². The predicted molar refractivity (Wildman–Crippen MR) is 62.9 cm³/mol. The predicted octanol–water partition coefficient (Wildman–Crippen LogP) is 4.58. The lowest BCUT2D eigenvalue weighted by Crippen LogP contribution is -2.00. The van der Waals surface area contributed by atoms with Gasteiger partial charge in [-0.05, 0) is 18.6 Å². The molecule has 0 heterocycles. The zero-order valence-electron chi connectivity index (χ0n) is 7.20. The van der Waals surface area contributed by atoms with E-state index in [2.05, 4.69) is 28.2 Å². The Kier molecular flexibility index (Phi) is 4.36. The SMILES string of the molecule is CCCNc1c(Cl)cc(Br)cc1Cl. The molecule has 0 bridgehead atoms. The van der Waals surface area contributed by atoms with Crippen LogP contribution >= 0.6 is 39.1 Å². The van der Waals surface area contributed by atoms with Crippen molar-refractivity contribution in [2.24, 2.45) is 0 Å². The highest BCUT2D eigenvalue weighted by atomic mass is 79.9. The Morgan fingerprint density at radius 3 is 2.31 bits per heavy atom. The second-order valence-corrected chi connectivity index (χ2v) is 4.40. The van der Waals surface area contributed by atoms with Gasteiger partial charge < -0.3 is 5.32 Å². The summed E-state index contributed by atoms with van der Waals surface area (Å²) in [6, 6.07) is 3.65. The summed E-state index contributed by atoms with van der Waals surface area (Å²) >= 11 is 15.3. The van der Waals surface area contributed by atoms with Crippen molar-refractivity contribution in [2.45, 2.75) is 13.3 Å². The van der Waals surface area contributed by atoms with Crippen LogP contribution in [0, 0.1) is 0 Å². The molecule has 72 valence electrons. The van der Waals surface area contributed by atoms with Crippen LogP contribution in [0.1, 0.15) is 13.3 Å². The van der Waals surface area contributed by atoms with Crippen LogP contribution in [-0.2, 0) is 0 Å². The summed E-state index contributed by atoms with van der Waals surface area (Å²) in [6.45, 7) is 2.97. The Morgan fingerprint density at radius 2 is 1.85 bits per heavy atom. The lowest BCUT2D eigenvalue weighted by molar-refractivity contribution is 0.980. The molecule has 0 aromatic heterocycles. The lowest BCUT2D eigenvalue weighted by Gasteiger charge is -2.09. The molecule has 0 aliphatic carbocycles. The summed E-state index contributed by atoms with van der Waals surface area (Å²) < 4.78 is 0.893. The number of rotatable bonds is 3. The fourth-order valence-electron chi connectivity index (χ4n) is 0.961. The molecule has 1 N–H and O–H groups in total. The summed E-state index contributed by atoms with van der Waals surface area (Å²) in [4.78, 5) is 0. The molecule has 4 heteroatoms. The third-order valence-electron chi connectivity index (χ3n) is 1.56. The normalized spacial score (nSPS) is 10.2. The number of nitrogens with one attached hydrogen (secondary N) is 1. The number of hydrogen-bond acceptors (Lipinski definition) is 1. The molecule has 0 radical (unpaired) electrons. The Balaban J connectivity index is 2.92. The van der Waals surface area contributed by atoms with Crippen molar-refractivity contribution < 1.29 is 0 Å². The molecule has 0 saturated carbocycles. The fraction of sp³-hybridized carbons (Fsp3) is 0.333. The highest BCUT2D eigenvalue weighted by Crippen LogP contribution is 2.33. The Labute approximate surface area is 96.6 Å². The number of hydrogen-bond donors (Lipinski definition) is 1. The van der Waals surface area contributed by atoms with Gasteiger partial charge in [-0.2, -0.15) is 0 Å². The van der Waals surface area contributed by atoms with E-state index in [4.69, 9.17) is 23.2 Å². The maximum absolute atomic E-state index is 5.99. The van der Waals surface area contributed by atoms with Crippen LogP contribution in [0.15, 0.2) is 16.6 Å². The monoisotopic (exact) mass is 281 g/mol. The minimum atomic E-state index is 0.646. The summed E-state index contributed by atoms with van der Waals surface area (Å²) in [5.41, 5.74) is 0.813. The Hall–Kier alpha value is 0.0800. The van der Waals surface area contributed by atoms with Crippen molar-refractivity contribution in [3.8, 4) is 0 Å². The third-order valence-corrected chi connectivity index (χ3v) is 2.61. The van der Waals surface area contributed by atoms with E-state index in [0.29, 0.717) is 10.0 Å². The molecular weight excluding hydrogens is 273 g/mol. The van der Waals surface area contributed by atoms with Gasteiger partial charge in [0, 0.05) is 11.0 Å². The van der Waals surface area contributed by atoms with Gasteiger partial charge in [0.1, 0.15) is 0 Å². The van der Waals surface area contributed by atoms with E-state index in [1.807, 2.05) is 12.1 Å². The van der Waals surface area contributed by atoms with Crippen molar-refractivity contribution >= 4 is 44.8 Å². The lowest BCUT2D eigenvalue weighted by atomic mass is 10.3. The quantitative estimate of drug-likeness (QED) is 0.856. The van der Waals surface area contributed by atoms with Crippen LogP contribution in [0.3, 0.4) is 0 Å². The largest absolute Gasteiger partial charge is 0.383 e. The van der Waals surface area contributed by atoms with Gasteiger partial charge >= 0.3 is 0 Å². The molecule has 0 aliphatic rings. The zero-order valence-corrected chi connectivity index (χ0v) is 10.3. The highest BCUT2D eigenvalue weighted by molar-refractivity contribution is 9.10. The van der Waals surface area contributed by atoms with Crippen LogP contribution < -0.4 is 5.32 Å². The van der Waals surface area contributed by atoms with Crippen molar-refractivity contribution in [1.29, 1.82) is 0 Å². The summed E-state index contributed by atoms with van der Waals surface area (Å²) in [6.07, 6.45) is 1.04. The van der Waals surface area contributed by atoms with Gasteiger partial charge in [-0.3, -0.25) is 0 Å². The van der Waals surface area contributed by atoms with Crippen LogP contribution in [-0.4, -0.2) is 6.54 Å². The van der Waals surface area contributed by atoms with Crippen LogP contribution in [0.2, 0.25) is 10.0 Å². The maximum Gasteiger partial charge on any atom is 0.0719 e. The maximum atomic E-state index is 5.99. The van der Waals surface area contributed by atoms with E-state index in [1.165, 1.54) is 0 Å². The summed E-state index contributed by atoms with van der Waals surface area (Å²) in [5.74, 6) is 0. The first-order valence-electron chi connectivity index (χ1n) is 4.03. The molecule has 1 rings (SSSR count). The van der Waals surface area contributed by atoms with E-state index in [0.717, 1.165) is 23.1 Å². The van der Waals surface area contributed by atoms with E-state index < -0.39 is 0 Å². The first-order chi connectivity index (χ1) is 6.15. The number of halogens is 3. The average Bonchev–Trinajstić information content (AvgIpc) is 2.02. The minimum absolute atomic E-state index is 0.646. The molecule has 1 aromatic carbocycles. The molecule has 0 spiro atoms. The fourth-order valence-corrected chi connectivity index (χ4v) is 2.30. The first kappa shape index (κ1) is 11.2. The molecule has 1 aromatic rings. The minimum Gasteiger partial charge on any atom is -0.383 e. The molecule has 0 atom stereocenters.